The number of aryl methyl sites for hydroxylation is 1. The van der Waals surface area contributed by atoms with Gasteiger partial charge in [0.1, 0.15) is 5.75 Å². The first kappa shape index (κ1) is 11.5. The Bertz CT molecular complexity index is 573. The van der Waals surface area contributed by atoms with Crippen LogP contribution in [-0.4, -0.2) is 17.7 Å². The molecule has 88 valence electrons. The van der Waals surface area contributed by atoms with Crippen LogP contribution in [-0.2, 0) is 4.74 Å². The zero-order valence-electron chi connectivity index (χ0n) is 9.86. The van der Waals surface area contributed by atoms with Gasteiger partial charge in [0.15, 0.2) is 0 Å². The summed E-state index contributed by atoms with van der Waals surface area (Å²) in [7, 11) is 0. The summed E-state index contributed by atoms with van der Waals surface area (Å²) in [6, 6.07) is 8.85. The van der Waals surface area contributed by atoms with Gasteiger partial charge in [-0.15, -0.1) is 0 Å². The number of aromatic hydroxyl groups is 1. The predicted octanol–water partition coefficient (Wildman–Crippen LogP) is 3.03. The Morgan fingerprint density at radius 3 is 2.59 bits per heavy atom. The quantitative estimate of drug-likeness (QED) is 0.806. The fourth-order valence-electron chi connectivity index (χ4n) is 1.97. The normalized spacial score (nSPS) is 10.5. The fraction of sp³-hybridized carbons (Fsp3) is 0.214. The van der Waals surface area contributed by atoms with Gasteiger partial charge >= 0.3 is 5.97 Å². The summed E-state index contributed by atoms with van der Waals surface area (Å²) in [5.74, 6) is -0.160. The summed E-state index contributed by atoms with van der Waals surface area (Å²) in [6.07, 6.45) is 0. The summed E-state index contributed by atoms with van der Waals surface area (Å²) >= 11 is 0. The zero-order chi connectivity index (χ0) is 12.4. The molecule has 0 radical (unpaired) electrons. The lowest BCUT2D eigenvalue weighted by molar-refractivity contribution is 0.0528. The van der Waals surface area contributed by atoms with Gasteiger partial charge in [0.25, 0.3) is 0 Å². The maximum absolute atomic E-state index is 11.9. The Morgan fingerprint density at radius 2 is 1.94 bits per heavy atom. The Kier molecular flexibility index (Phi) is 3.00. The van der Waals surface area contributed by atoms with Crippen molar-refractivity contribution in [2.75, 3.05) is 6.61 Å². The second kappa shape index (κ2) is 4.45. The number of phenolic OH excluding ortho intramolecular Hbond substituents is 1. The van der Waals surface area contributed by atoms with Crippen LogP contribution in [0.3, 0.4) is 0 Å². The van der Waals surface area contributed by atoms with E-state index in [0.29, 0.717) is 17.6 Å². The van der Waals surface area contributed by atoms with Crippen molar-refractivity contribution in [3.63, 3.8) is 0 Å². The lowest BCUT2D eigenvalue weighted by atomic mass is 9.99. The van der Waals surface area contributed by atoms with Crippen molar-refractivity contribution >= 4 is 16.7 Å². The zero-order valence-corrected chi connectivity index (χ0v) is 9.86. The third-order valence-electron chi connectivity index (χ3n) is 2.70. The van der Waals surface area contributed by atoms with Gasteiger partial charge in [-0.2, -0.15) is 0 Å². The standard InChI is InChI=1S/C14H14O3/c1-3-17-14(16)13-9(2)8-12(15)10-6-4-5-7-11(10)13/h4-8,15H,3H2,1-2H3. The molecule has 0 unspecified atom stereocenters. The molecule has 0 atom stereocenters. The summed E-state index contributed by atoms with van der Waals surface area (Å²) in [5.41, 5.74) is 1.25. The number of hydrogen-bond acceptors (Lipinski definition) is 3. The monoisotopic (exact) mass is 230 g/mol. The lowest BCUT2D eigenvalue weighted by Crippen LogP contribution is -2.07. The molecule has 0 saturated heterocycles. The lowest BCUT2D eigenvalue weighted by Gasteiger charge is -2.10. The molecule has 0 heterocycles. The fourth-order valence-corrected chi connectivity index (χ4v) is 1.97. The van der Waals surface area contributed by atoms with E-state index in [0.717, 1.165) is 10.9 Å². The van der Waals surface area contributed by atoms with Gasteiger partial charge in [-0.1, -0.05) is 24.3 Å². The van der Waals surface area contributed by atoms with Gasteiger partial charge in [-0.3, -0.25) is 0 Å². The highest BCUT2D eigenvalue weighted by molar-refractivity contribution is 6.07. The molecule has 0 aliphatic heterocycles. The van der Waals surface area contributed by atoms with E-state index in [-0.39, 0.29) is 11.7 Å². The number of benzene rings is 2. The molecule has 0 aromatic heterocycles. The number of carbonyl (C=O) groups excluding carboxylic acids is 1. The van der Waals surface area contributed by atoms with Crippen LogP contribution in [0.5, 0.6) is 5.75 Å². The molecule has 2 rings (SSSR count). The summed E-state index contributed by atoms with van der Waals surface area (Å²) in [4.78, 5) is 11.9. The number of esters is 1. The highest BCUT2D eigenvalue weighted by Crippen LogP contribution is 2.30. The van der Waals surface area contributed by atoms with Crippen molar-refractivity contribution < 1.29 is 14.6 Å². The number of carbonyl (C=O) groups is 1. The first-order valence-electron chi connectivity index (χ1n) is 5.53. The van der Waals surface area contributed by atoms with Crippen molar-refractivity contribution in [2.45, 2.75) is 13.8 Å². The molecule has 0 bridgehead atoms. The van der Waals surface area contributed by atoms with Crippen LogP contribution in [0, 0.1) is 6.92 Å². The smallest absolute Gasteiger partial charge is 0.339 e. The number of rotatable bonds is 2. The Labute approximate surface area is 99.6 Å². The Hall–Kier alpha value is -2.03. The highest BCUT2D eigenvalue weighted by Gasteiger charge is 2.16. The molecule has 3 heteroatoms. The van der Waals surface area contributed by atoms with E-state index >= 15 is 0 Å². The minimum Gasteiger partial charge on any atom is -0.507 e. The largest absolute Gasteiger partial charge is 0.507 e. The molecule has 2 aromatic carbocycles. The molecule has 0 aliphatic rings. The first-order valence-corrected chi connectivity index (χ1v) is 5.53. The second-order valence-electron chi connectivity index (χ2n) is 3.85. The Morgan fingerprint density at radius 1 is 1.29 bits per heavy atom. The van der Waals surface area contributed by atoms with E-state index in [9.17, 15) is 9.90 Å². The maximum atomic E-state index is 11.9. The SMILES string of the molecule is CCOC(=O)c1c(C)cc(O)c2ccccc12. The molecule has 3 nitrogen and oxygen atoms in total. The molecule has 17 heavy (non-hydrogen) atoms. The summed E-state index contributed by atoms with van der Waals surface area (Å²) < 4.78 is 5.04. The van der Waals surface area contributed by atoms with Crippen molar-refractivity contribution in [3.8, 4) is 5.75 Å². The van der Waals surface area contributed by atoms with Crippen molar-refractivity contribution in [2.24, 2.45) is 0 Å². The second-order valence-corrected chi connectivity index (χ2v) is 3.85. The van der Waals surface area contributed by atoms with Gasteiger partial charge in [0, 0.05) is 10.8 Å². The average molecular weight is 230 g/mol. The third kappa shape index (κ3) is 1.96. The molecule has 0 saturated carbocycles. The maximum Gasteiger partial charge on any atom is 0.339 e. The van der Waals surface area contributed by atoms with Crippen LogP contribution in [0.25, 0.3) is 10.8 Å². The van der Waals surface area contributed by atoms with Crippen LogP contribution in [0.4, 0.5) is 0 Å². The first-order chi connectivity index (χ1) is 8.15. The van der Waals surface area contributed by atoms with Crippen molar-refractivity contribution in [1.29, 1.82) is 0 Å². The summed E-state index contributed by atoms with van der Waals surface area (Å²) in [6.45, 7) is 3.90. The molecule has 0 amide bonds. The molecule has 0 spiro atoms. The third-order valence-corrected chi connectivity index (χ3v) is 2.70. The van der Waals surface area contributed by atoms with Crippen LogP contribution in [0.1, 0.15) is 22.8 Å². The van der Waals surface area contributed by atoms with Gasteiger partial charge in [0.2, 0.25) is 0 Å². The van der Waals surface area contributed by atoms with Crippen molar-refractivity contribution in [1.82, 2.24) is 0 Å². The predicted molar refractivity (Wildman–Crippen MR) is 66.3 cm³/mol. The van der Waals surface area contributed by atoms with E-state index in [1.807, 2.05) is 18.2 Å². The van der Waals surface area contributed by atoms with E-state index in [1.165, 1.54) is 0 Å². The van der Waals surface area contributed by atoms with Crippen LogP contribution in [0.2, 0.25) is 0 Å². The molecular formula is C14H14O3. The number of hydrogen-bond donors (Lipinski definition) is 1. The van der Waals surface area contributed by atoms with Gasteiger partial charge in [0.05, 0.1) is 12.2 Å². The minimum atomic E-state index is -0.346. The van der Waals surface area contributed by atoms with E-state index in [4.69, 9.17) is 4.74 Å². The number of phenols is 1. The topological polar surface area (TPSA) is 46.5 Å². The van der Waals surface area contributed by atoms with Crippen LogP contribution < -0.4 is 0 Å². The van der Waals surface area contributed by atoms with Crippen LogP contribution in [0.15, 0.2) is 30.3 Å². The van der Waals surface area contributed by atoms with Crippen molar-refractivity contribution in [3.05, 3.63) is 41.5 Å². The minimum absolute atomic E-state index is 0.186. The van der Waals surface area contributed by atoms with Gasteiger partial charge < -0.3 is 9.84 Å². The number of fused-ring (bicyclic) bond motifs is 1. The Balaban J connectivity index is 2.73. The number of ether oxygens (including phenoxy) is 1. The van der Waals surface area contributed by atoms with E-state index in [2.05, 4.69) is 0 Å². The molecule has 0 aliphatic carbocycles. The van der Waals surface area contributed by atoms with E-state index in [1.54, 1.807) is 26.0 Å². The van der Waals surface area contributed by atoms with E-state index < -0.39 is 0 Å². The molecule has 2 aromatic rings. The highest BCUT2D eigenvalue weighted by atomic mass is 16.5. The van der Waals surface area contributed by atoms with Gasteiger partial charge in [-0.25, -0.2) is 4.79 Å². The van der Waals surface area contributed by atoms with Gasteiger partial charge in [-0.05, 0) is 25.5 Å². The molecular weight excluding hydrogens is 216 g/mol. The average Bonchev–Trinajstić information content (AvgIpc) is 2.29. The molecule has 1 N–H and O–H groups in total. The molecule has 0 fully saturated rings. The summed E-state index contributed by atoms with van der Waals surface area (Å²) in [5, 5.41) is 11.2. The van der Waals surface area contributed by atoms with Crippen LogP contribution >= 0.6 is 0 Å².